The fraction of sp³-hybridized carbons (Fsp3) is 0.0588. The van der Waals surface area contributed by atoms with Crippen molar-refractivity contribution in [1.82, 2.24) is 24.8 Å². The summed E-state index contributed by atoms with van der Waals surface area (Å²) in [7, 11) is 0. The van der Waals surface area contributed by atoms with E-state index in [0.29, 0.717) is 11.5 Å². The van der Waals surface area contributed by atoms with Crippen LogP contribution >= 0.6 is 0 Å². The van der Waals surface area contributed by atoms with E-state index in [1.54, 1.807) is 29.0 Å². The molecule has 0 aliphatic heterocycles. The Morgan fingerprint density at radius 3 is 2.52 bits per heavy atom. The Hall–Kier alpha value is -3.28. The maximum absolute atomic E-state index is 5.70. The molecule has 0 aliphatic carbocycles. The molecule has 0 saturated carbocycles. The molecule has 0 fully saturated rings. The van der Waals surface area contributed by atoms with E-state index in [1.165, 1.54) is 0 Å². The van der Waals surface area contributed by atoms with E-state index in [1.807, 2.05) is 42.5 Å². The van der Waals surface area contributed by atoms with Crippen LogP contribution in [0.4, 0.5) is 0 Å². The smallest absolute Gasteiger partial charge is 0.192 e. The van der Waals surface area contributed by atoms with Crippen molar-refractivity contribution in [2.45, 2.75) is 6.61 Å². The Bertz CT molecular complexity index is 922. The van der Waals surface area contributed by atoms with Gasteiger partial charge in [-0.15, -0.1) is 10.2 Å². The third-order valence-corrected chi connectivity index (χ3v) is 3.41. The maximum atomic E-state index is 5.70. The van der Waals surface area contributed by atoms with Crippen LogP contribution in [0.15, 0.2) is 67.0 Å². The molecule has 4 rings (SSSR count). The van der Waals surface area contributed by atoms with Gasteiger partial charge in [0.1, 0.15) is 12.4 Å². The van der Waals surface area contributed by atoms with Crippen LogP contribution in [0.3, 0.4) is 0 Å². The predicted octanol–water partition coefficient (Wildman–Crippen LogP) is 2.77. The highest BCUT2D eigenvalue weighted by molar-refractivity contribution is 5.59. The summed E-state index contributed by atoms with van der Waals surface area (Å²) in [6.07, 6.45) is 3.37. The van der Waals surface area contributed by atoms with Crippen LogP contribution in [0.25, 0.3) is 16.9 Å². The number of aromatic nitrogens is 5. The fourth-order valence-corrected chi connectivity index (χ4v) is 2.27. The fourth-order valence-electron chi connectivity index (χ4n) is 2.27. The average molecular weight is 303 g/mol. The van der Waals surface area contributed by atoms with Gasteiger partial charge in [-0.05, 0) is 24.3 Å². The number of hydrogen-bond donors (Lipinski definition) is 0. The van der Waals surface area contributed by atoms with Crippen LogP contribution in [0.5, 0.6) is 5.75 Å². The Morgan fingerprint density at radius 1 is 0.870 bits per heavy atom. The minimum Gasteiger partial charge on any atom is -0.485 e. The molecule has 0 amide bonds. The van der Waals surface area contributed by atoms with E-state index in [-0.39, 0.29) is 6.61 Å². The van der Waals surface area contributed by atoms with Crippen molar-refractivity contribution in [1.29, 1.82) is 0 Å². The second-order valence-corrected chi connectivity index (χ2v) is 4.94. The number of ether oxygens (including phenoxy) is 1. The molecule has 0 unspecified atom stereocenters. The van der Waals surface area contributed by atoms with Crippen LogP contribution in [0.1, 0.15) is 5.82 Å². The van der Waals surface area contributed by atoms with Gasteiger partial charge >= 0.3 is 0 Å². The summed E-state index contributed by atoms with van der Waals surface area (Å²) >= 11 is 0. The number of hydrogen-bond acceptors (Lipinski definition) is 5. The zero-order valence-electron chi connectivity index (χ0n) is 12.2. The summed E-state index contributed by atoms with van der Waals surface area (Å²) in [6.45, 7) is 0.288. The Kier molecular flexibility index (Phi) is 3.40. The van der Waals surface area contributed by atoms with Crippen molar-refractivity contribution in [2.75, 3.05) is 0 Å². The van der Waals surface area contributed by atoms with Gasteiger partial charge in [-0.3, -0.25) is 4.98 Å². The van der Waals surface area contributed by atoms with Gasteiger partial charge in [-0.1, -0.05) is 30.3 Å². The summed E-state index contributed by atoms with van der Waals surface area (Å²) in [5, 5.41) is 12.9. The monoisotopic (exact) mass is 303 g/mol. The van der Waals surface area contributed by atoms with Gasteiger partial charge in [0.25, 0.3) is 0 Å². The number of benzene rings is 1. The van der Waals surface area contributed by atoms with Crippen LogP contribution in [0, 0.1) is 0 Å². The van der Waals surface area contributed by atoms with E-state index in [9.17, 15) is 0 Å². The van der Waals surface area contributed by atoms with Crippen LogP contribution in [-0.2, 0) is 6.61 Å². The van der Waals surface area contributed by atoms with E-state index in [0.717, 1.165) is 17.0 Å². The standard InChI is InChI=1S/C17H13N5O/c1-2-4-13(5-3-1)15-6-7-16-19-20-17(22(16)21-15)12-23-14-8-10-18-11-9-14/h1-11H,12H2. The zero-order valence-corrected chi connectivity index (χ0v) is 12.2. The van der Waals surface area contributed by atoms with Crippen molar-refractivity contribution >= 4 is 5.65 Å². The van der Waals surface area contributed by atoms with Crippen molar-refractivity contribution in [2.24, 2.45) is 0 Å². The third kappa shape index (κ3) is 2.74. The number of fused-ring (bicyclic) bond motifs is 1. The highest BCUT2D eigenvalue weighted by atomic mass is 16.5. The zero-order chi connectivity index (χ0) is 15.5. The lowest BCUT2D eigenvalue weighted by Gasteiger charge is -2.05. The Labute approximate surface area is 132 Å². The van der Waals surface area contributed by atoms with E-state index < -0.39 is 0 Å². The van der Waals surface area contributed by atoms with Gasteiger partial charge < -0.3 is 4.74 Å². The quantitative estimate of drug-likeness (QED) is 0.580. The molecule has 112 valence electrons. The van der Waals surface area contributed by atoms with Gasteiger partial charge in [0.15, 0.2) is 11.5 Å². The lowest BCUT2D eigenvalue weighted by Crippen LogP contribution is -2.04. The number of pyridine rings is 1. The normalized spacial score (nSPS) is 10.8. The number of rotatable bonds is 4. The first-order chi connectivity index (χ1) is 11.4. The summed E-state index contributed by atoms with van der Waals surface area (Å²) in [4.78, 5) is 3.96. The van der Waals surface area contributed by atoms with Crippen molar-refractivity contribution in [3.63, 3.8) is 0 Å². The molecule has 3 heterocycles. The lowest BCUT2D eigenvalue weighted by molar-refractivity contribution is 0.292. The molecule has 3 aromatic heterocycles. The van der Waals surface area contributed by atoms with Crippen LogP contribution in [-0.4, -0.2) is 24.8 Å². The summed E-state index contributed by atoms with van der Waals surface area (Å²) in [6, 6.07) is 17.4. The molecule has 0 N–H and O–H groups in total. The van der Waals surface area contributed by atoms with Gasteiger partial charge in [0, 0.05) is 18.0 Å². The summed E-state index contributed by atoms with van der Waals surface area (Å²) < 4.78 is 7.41. The molecule has 0 spiro atoms. The molecule has 0 saturated heterocycles. The number of nitrogens with zero attached hydrogens (tertiary/aromatic N) is 5. The van der Waals surface area contributed by atoms with E-state index >= 15 is 0 Å². The molecule has 0 aliphatic rings. The largest absolute Gasteiger partial charge is 0.485 e. The van der Waals surface area contributed by atoms with Crippen molar-refractivity contribution < 1.29 is 4.74 Å². The summed E-state index contributed by atoms with van der Waals surface area (Å²) in [5.41, 5.74) is 2.60. The first-order valence-corrected chi connectivity index (χ1v) is 7.20. The van der Waals surface area contributed by atoms with Gasteiger partial charge in [0.05, 0.1) is 5.69 Å². The molecular weight excluding hydrogens is 290 g/mol. The molecule has 1 aromatic carbocycles. The molecule has 0 atom stereocenters. The molecule has 4 aromatic rings. The predicted molar refractivity (Wildman–Crippen MR) is 84.8 cm³/mol. The van der Waals surface area contributed by atoms with E-state index in [2.05, 4.69) is 20.3 Å². The molecule has 0 radical (unpaired) electrons. The second kappa shape index (κ2) is 5.84. The second-order valence-electron chi connectivity index (χ2n) is 4.94. The molecule has 6 nitrogen and oxygen atoms in total. The van der Waals surface area contributed by atoms with Gasteiger partial charge in [-0.25, -0.2) is 0 Å². The van der Waals surface area contributed by atoms with Crippen LogP contribution in [0.2, 0.25) is 0 Å². The minimum atomic E-state index is 0.288. The van der Waals surface area contributed by atoms with Crippen LogP contribution < -0.4 is 4.74 Å². The Balaban J connectivity index is 1.65. The molecule has 23 heavy (non-hydrogen) atoms. The molecule has 6 heteroatoms. The highest BCUT2D eigenvalue weighted by Gasteiger charge is 2.09. The molecule has 0 bridgehead atoms. The van der Waals surface area contributed by atoms with Gasteiger partial charge in [-0.2, -0.15) is 9.61 Å². The SMILES string of the molecule is c1ccc(-c2ccc3nnc(COc4ccncc4)n3n2)cc1. The lowest BCUT2D eigenvalue weighted by atomic mass is 10.1. The van der Waals surface area contributed by atoms with Crippen molar-refractivity contribution in [3.8, 4) is 17.0 Å². The first-order valence-electron chi connectivity index (χ1n) is 7.20. The first kappa shape index (κ1) is 13.4. The topological polar surface area (TPSA) is 65.2 Å². The highest BCUT2D eigenvalue weighted by Crippen LogP contribution is 2.17. The van der Waals surface area contributed by atoms with E-state index in [4.69, 9.17) is 4.74 Å². The molecular formula is C17H13N5O. The average Bonchev–Trinajstić information content (AvgIpc) is 3.04. The minimum absolute atomic E-state index is 0.288. The maximum Gasteiger partial charge on any atom is 0.192 e. The Morgan fingerprint density at radius 2 is 1.70 bits per heavy atom. The van der Waals surface area contributed by atoms with Crippen molar-refractivity contribution in [3.05, 3.63) is 72.8 Å². The summed E-state index contributed by atoms with van der Waals surface area (Å²) in [5.74, 6) is 1.38. The van der Waals surface area contributed by atoms with Gasteiger partial charge in [0.2, 0.25) is 0 Å². The third-order valence-electron chi connectivity index (χ3n) is 3.41.